The number of morpholine rings is 1. The molecule has 5 nitrogen and oxygen atoms in total. The molecule has 0 saturated carbocycles. The highest BCUT2D eigenvalue weighted by Gasteiger charge is 2.21. The van der Waals surface area contributed by atoms with Gasteiger partial charge in [-0.3, -0.25) is 0 Å². The van der Waals surface area contributed by atoms with Gasteiger partial charge in [-0.2, -0.15) is 4.98 Å². The van der Waals surface area contributed by atoms with Gasteiger partial charge in [0.2, 0.25) is 0 Å². The summed E-state index contributed by atoms with van der Waals surface area (Å²) in [5.74, 6) is 1.21. The van der Waals surface area contributed by atoms with Crippen LogP contribution in [-0.2, 0) is 4.74 Å². The minimum Gasteiger partial charge on any atom is -0.378 e. The molecule has 1 aromatic carbocycles. The summed E-state index contributed by atoms with van der Waals surface area (Å²) in [5, 5.41) is 7.31. The summed E-state index contributed by atoms with van der Waals surface area (Å²) in [6, 6.07) is 8.05. The molecule has 0 aliphatic carbocycles. The largest absolute Gasteiger partial charge is 0.378 e. The Morgan fingerprint density at radius 1 is 1.28 bits per heavy atom. The minimum absolute atomic E-state index is 0.0294. The van der Waals surface area contributed by atoms with E-state index in [1.165, 1.54) is 5.56 Å². The van der Waals surface area contributed by atoms with Crippen molar-refractivity contribution in [2.24, 2.45) is 0 Å². The Labute approximate surface area is 105 Å². The van der Waals surface area contributed by atoms with Gasteiger partial charge in [-0.05, 0) is 19.1 Å². The average Bonchev–Trinajstić information content (AvgIpc) is 2.90. The van der Waals surface area contributed by atoms with Crippen molar-refractivity contribution in [3.63, 3.8) is 0 Å². The predicted molar refractivity (Wildman–Crippen MR) is 66.0 cm³/mol. The molecule has 3 rings (SSSR count). The molecule has 0 amide bonds. The van der Waals surface area contributed by atoms with Crippen molar-refractivity contribution in [2.75, 3.05) is 19.8 Å². The third-order valence-corrected chi connectivity index (χ3v) is 2.97. The van der Waals surface area contributed by atoms with Crippen molar-refractivity contribution in [2.45, 2.75) is 13.0 Å². The van der Waals surface area contributed by atoms with Gasteiger partial charge in [0.25, 0.3) is 5.89 Å². The number of aromatic nitrogens is 2. The van der Waals surface area contributed by atoms with E-state index < -0.39 is 0 Å². The van der Waals surface area contributed by atoms with Gasteiger partial charge in [0.05, 0.1) is 19.3 Å². The van der Waals surface area contributed by atoms with Crippen molar-refractivity contribution < 1.29 is 9.26 Å². The monoisotopic (exact) mass is 245 g/mol. The maximum atomic E-state index is 5.38. The topological polar surface area (TPSA) is 60.2 Å². The molecular weight excluding hydrogens is 230 g/mol. The van der Waals surface area contributed by atoms with Crippen molar-refractivity contribution in [1.29, 1.82) is 0 Å². The van der Waals surface area contributed by atoms with Gasteiger partial charge >= 0.3 is 0 Å². The van der Waals surface area contributed by atoms with Crippen molar-refractivity contribution in [1.82, 2.24) is 15.5 Å². The van der Waals surface area contributed by atoms with Crippen LogP contribution in [0, 0.1) is 6.92 Å². The zero-order chi connectivity index (χ0) is 12.4. The second-order valence-corrected chi connectivity index (χ2v) is 4.41. The molecule has 1 N–H and O–H groups in total. The fourth-order valence-corrected chi connectivity index (χ4v) is 1.92. The minimum atomic E-state index is 0.0294. The number of hydrogen-bond donors (Lipinski definition) is 1. The molecular formula is C13H15N3O2. The molecule has 94 valence electrons. The van der Waals surface area contributed by atoms with E-state index in [-0.39, 0.29) is 6.04 Å². The first-order valence-corrected chi connectivity index (χ1v) is 6.05. The fraction of sp³-hybridized carbons (Fsp3) is 0.385. The lowest BCUT2D eigenvalue weighted by atomic mass is 10.1. The molecule has 2 heterocycles. The van der Waals surface area contributed by atoms with Crippen molar-refractivity contribution in [3.8, 4) is 11.5 Å². The number of aryl methyl sites for hydroxylation is 1. The maximum Gasteiger partial charge on any atom is 0.257 e. The lowest BCUT2D eigenvalue weighted by Crippen LogP contribution is -2.35. The summed E-state index contributed by atoms with van der Waals surface area (Å²) in [7, 11) is 0. The number of benzene rings is 1. The van der Waals surface area contributed by atoms with Gasteiger partial charge in [-0.1, -0.05) is 22.9 Å². The molecule has 5 heteroatoms. The van der Waals surface area contributed by atoms with Crippen LogP contribution >= 0.6 is 0 Å². The van der Waals surface area contributed by atoms with Gasteiger partial charge in [-0.25, -0.2) is 0 Å². The Morgan fingerprint density at radius 3 is 2.83 bits per heavy atom. The summed E-state index contributed by atoms with van der Waals surface area (Å²) in [6.45, 7) is 4.19. The summed E-state index contributed by atoms with van der Waals surface area (Å²) in [4.78, 5) is 4.41. The lowest BCUT2D eigenvalue weighted by molar-refractivity contribution is 0.0734. The van der Waals surface area contributed by atoms with Crippen LogP contribution < -0.4 is 5.32 Å². The average molecular weight is 245 g/mol. The van der Waals surface area contributed by atoms with E-state index in [1.807, 2.05) is 31.2 Å². The Balaban J connectivity index is 1.82. The molecule has 18 heavy (non-hydrogen) atoms. The molecule has 0 bridgehead atoms. The van der Waals surface area contributed by atoms with Crippen molar-refractivity contribution in [3.05, 3.63) is 35.7 Å². The Kier molecular flexibility index (Phi) is 3.08. The molecule has 1 fully saturated rings. The van der Waals surface area contributed by atoms with Crippen LogP contribution in [0.15, 0.2) is 28.8 Å². The lowest BCUT2D eigenvalue weighted by Gasteiger charge is -2.20. The first-order chi connectivity index (χ1) is 8.83. The molecule has 1 saturated heterocycles. The highest BCUT2D eigenvalue weighted by atomic mass is 16.5. The van der Waals surface area contributed by atoms with E-state index in [4.69, 9.17) is 9.26 Å². The number of nitrogens with one attached hydrogen (secondary N) is 1. The highest BCUT2D eigenvalue weighted by Crippen LogP contribution is 2.20. The zero-order valence-corrected chi connectivity index (χ0v) is 10.2. The molecule has 2 aromatic rings. The molecule has 0 unspecified atom stereocenters. The fourth-order valence-electron chi connectivity index (χ4n) is 1.92. The smallest absolute Gasteiger partial charge is 0.257 e. The first kappa shape index (κ1) is 11.4. The zero-order valence-electron chi connectivity index (χ0n) is 10.2. The Morgan fingerprint density at radius 2 is 2.11 bits per heavy atom. The van der Waals surface area contributed by atoms with Gasteiger partial charge in [-0.15, -0.1) is 0 Å². The van der Waals surface area contributed by atoms with Crippen LogP contribution in [0.2, 0.25) is 0 Å². The van der Waals surface area contributed by atoms with E-state index in [0.29, 0.717) is 18.3 Å². The Hall–Kier alpha value is -1.72. The standard InChI is InChI=1S/C13H15N3O2/c1-9-2-4-10(5-3-9)13-15-12(16-18-13)11-8-17-7-6-14-11/h2-5,11,14H,6-8H2,1H3/t11-/m0/s1. The first-order valence-electron chi connectivity index (χ1n) is 6.05. The van der Waals surface area contributed by atoms with Gasteiger partial charge in [0.15, 0.2) is 5.82 Å². The van der Waals surface area contributed by atoms with E-state index in [1.54, 1.807) is 0 Å². The van der Waals surface area contributed by atoms with Crippen LogP contribution in [-0.4, -0.2) is 29.9 Å². The number of nitrogens with zero attached hydrogens (tertiary/aromatic N) is 2. The second kappa shape index (κ2) is 4.88. The van der Waals surface area contributed by atoms with Crippen LogP contribution in [0.1, 0.15) is 17.4 Å². The molecule has 1 aliphatic heterocycles. The third kappa shape index (κ3) is 2.27. The van der Waals surface area contributed by atoms with Gasteiger partial charge in [0.1, 0.15) is 0 Å². The molecule has 0 spiro atoms. The summed E-state index contributed by atoms with van der Waals surface area (Å²) in [5.41, 5.74) is 2.15. The van der Waals surface area contributed by atoms with Crippen LogP contribution in [0.5, 0.6) is 0 Å². The molecule has 0 radical (unpaired) electrons. The van der Waals surface area contributed by atoms with Gasteiger partial charge in [0, 0.05) is 12.1 Å². The summed E-state index contributed by atoms with van der Waals surface area (Å²) >= 11 is 0. The van der Waals surface area contributed by atoms with E-state index in [9.17, 15) is 0 Å². The normalized spacial score (nSPS) is 19.9. The van der Waals surface area contributed by atoms with Crippen LogP contribution in [0.3, 0.4) is 0 Å². The predicted octanol–water partition coefficient (Wildman–Crippen LogP) is 1.71. The maximum absolute atomic E-state index is 5.38. The van der Waals surface area contributed by atoms with E-state index in [0.717, 1.165) is 18.7 Å². The number of ether oxygens (including phenoxy) is 1. The number of hydrogen-bond acceptors (Lipinski definition) is 5. The van der Waals surface area contributed by atoms with E-state index in [2.05, 4.69) is 15.5 Å². The number of rotatable bonds is 2. The molecule has 1 atom stereocenters. The SMILES string of the molecule is Cc1ccc(-c2nc([C@@H]3COCCN3)no2)cc1. The van der Waals surface area contributed by atoms with Crippen LogP contribution in [0.4, 0.5) is 0 Å². The molecule has 1 aromatic heterocycles. The summed E-state index contributed by atoms with van der Waals surface area (Å²) < 4.78 is 10.7. The van der Waals surface area contributed by atoms with Crippen molar-refractivity contribution >= 4 is 0 Å². The quantitative estimate of drug-likeness (QED) is 0.872. The highest BCUT2D eigenvalue weighted by molar-refractivity contribution is 5.53. The van der Waals surface area contributed by atoms with E-state index >= 15 is 0 Å². The van der Waals surface area contributed by atoms with Gasteiger partial charge < -0.3 is 14.6 Å². The Bertz CT molecular complexity index is 515. The third-order valence-electron chi connectivity index (χ3n) is 2.97. The summed E-state index contributed by atoms with van der Waals surface area (Å²) in [6.07, 6.45) is 0. The van der Waals surface area contributed by atoms with Crippen LogP contribution in [0.25, 0.3) is 11.5 Å². The second-order valence-electron chi connectivity index (χ2n) is 4.41. The molecule has 1 aliphatic rings.